The fourth-order valence-corrected chi connectivity index (χ4v) is 3.02. The predicted octanol–water partition coefficient (Wildman–Crippen LogP) is 2.85. The number of rotatable bonds is 8. The van der Waals surface area contributed by atoms with Crippen molar-refractivity contribution in [3.63, 3.8) is 0 Å². The zero-order valence-corrected chi connectivity index (χ0v) is 16.1. The number of nitrogens with zero attached hydrogens (tertiary/aromatic N) is 1. The highest BCUT2D eigenvalue weighted by atomic mass is 32.2. The Labute approximate surface area is 156 Å². The van der Waals surface area contributed by atoms with E-state index in [1.165, 1.54) is 11.8 Å². The lowest BCUT2D eigenvalue weighted by Crippen LogP contribution is -2.29. The third-order valence-corrected chi connectivity index (χ3v) is 4.52. The number of ether oxygens (including phenoxy) is 1. The van der Waals surface area contributed by atoms with Crippen LogP contribution < -0.4 is 15.4 Å². The minimum absolute atomic E-state index is 0.142. The third-order valence-electron chi connectivity index (χ3n) is 3.59. The fourth-order valence-electron chi connectivity index (χ4n) is 2.39. The van der Waals surface area contributed by atoms with Crippen LogP contribution in [0, 0.1) is 13.8 Å². The van der Waals surface area contributed by atoms with Crippen LogP contribution >= 0.6 is 11.8 Å². The second-order valence-corrected chi connectivity index (χ2v) is 6.88. The van der Waals surface area contributed by atoms with Crippen LogP contribution in [0.5, 0.6) is 5.75 Å². The van der Waals surface area contributed by atoms with Gasteiger partial charge in [-0.25, -0.2) is 0 Å². The normalized spacial score (nSPS) is 11.7. The van der Waals surface area contributed by atoms with Crippen LogP contribution in [0.4, 0.5) is 5.82 Å². The number of hydrogen-bond donors (Lipinski definition) is 2. The lowest BCUT2D eigenvalue weighted by atomic mass is 10.0. The van der Waals surface area contributed by atoms with Crippen LogP contribution in [0.2, 0.25) is 0 Å². The monoisotopic (exact) mass is 377 g/mol. The first-order valence-corrected chi connectivity index (χ1v) is 9.29. The number of nitrogens with one attached hydrogen (secondary N) is 2. The molecule has 1 aromatic carbocycles. The van der Waals surface area contributed by atoms with Crippen LogP contribution in [0.25, 0.3) is 0 Å². The number of amides is 2. The van der Waals surface area contributed by atoms with Gasteiger partial charge >= 0.3 is 0 Å². The van der Waals surface area contributed by atoms with E-state index < -0.39 is 0 Å². The van der Waals surface area contributed by atoms with Crippen LogP contribution in [-0.4, -0.2) is 35.6 Å². The zero-order chi connectivity index (χ0) is 19.1. The van der Waals surface area contributed by atoms with Crippen molar-refractivity contribution in [2.45, 2.75) is 26.8 Å². The van der Waals surface area contributed by atoms with Crippen molar-refractivity contribution < 1.29 is 18.8 Å². The van der Waals surface area contributed by atoms with Crippen molar-refractivity contribution in [3.8, 4) is 5.75 Å². The Kier molecular flexibility index (Phi) is 7.08. The van der Waals surface area contributed by atoms with Gasteiger partial charge in [-0.05, 0) is 26.8 Å². The molecular formula is C18H23N3O4S. The first kappa shape index (κ1) is 19.8. The molecule has 1 atom stereocenters. The van der Waals surface area contributed by atoms with Crippen molar-refractivity contribution in [1.29, 1.82) is 0 Å². The molecule has 1 heterocycles. The number of benzene rings is 1. The number of anilines is 1. The molecule has 2 aromatic rings. The second kappa shape index (κ2) is 9.28. The molecule has 0 radical (unpaired) electrons. The van der Waals surface area contributed by atoms with Gasteiger partial charge in [-0.3, -0.25) is 9.59 Å². The molecule has 0 unspecified atom stereocenters. The number of methoxy groups -OCH3 is 1. The largest absolute Gasteiger partial charge is 0.496 e. The summed E-state index contributed by atoms with van der Waals surface area (Å²) in [6.45, 7) is 5.63. The van der Waals surface area contributed by atoms with Gasteiger partial charge in [0.1, 0.15) is 11.5 Å². The van der Waals surface area contributed by atoms with Gasteiger partial charge in [0.15, 0.2) is 5.82 Å². The summed E-state index contributed by atoms with van der Waals surface area (Å²) in [7, 11) is 1.60. The standard InChI is InChI=1S/C18H23N3O4S/c1-11-5-6-15(24-4)14(7-11)13(3)19-17(22)9-26-10-18(23)20-16-8-12(2)25-21-16/h5-8,13H,9-10H2,1-4H3,(H,19,22)(H,20,21,23)/t13-/m1/s1. The number of thioether (sulfide) groups is 1. The maximum Gasteiger partial charge on any atom is 0.235 e. The minimum Gasteiger partial charge on any atom is -0.496 e. The van der Waals surface area contributed by atoms with Gasteiger partial charge < -0.3 is 19.9 Å². The summed E-state index contributed by atoms with van der Waals surface area (Å²) in [6.07, 6.45) is 0. The Hall–Kier alpha value is -2.48. The molecule has 0 aliphatic rings. The smallest absolute Gasteiger partial charge is 0.235 e. The topological polar surface area (TPSA) is 93.5 Å². The number of carbonyl (C=O) groups excluding carboxylic acids is 2. The van der Waals surface area contributed by atoms with E-state index in [-0.39, 0.29) is 29.4 Å². The molecule has 26 heavy (non-hydrogen) atoms. The van der Waals surface area contributed by atoms with E-state index in [9.17, 15) is 9.59 Å². The second-order valence-electron chi connectivity index (χ2n) is 5.90. The van der Waals surface area contributed by atoms with Gasteiger partial charge in [0.25, 0.3) is 0 Å². The molecule has 2 amide bonds. The van der Waals surface area contributed by atoms with Gasteiger partial charge in [0, 0.05) is 11.6 Å². The summed E-state index contributed by atoms with van der Waals surface area (Å²) in [5.41, 5.74) is 2.01. The molecule has 0 aliphatic heterocycles. The lowest BCUT2D eigenvalue weighted by Gasteiger charge is -2.18. The Morgan fingerprint density at radius 2 is 1.96 bits per heavy atom. The van der Waals surface area contributed by atoms with E-state index in [4.69, 9.17) is 9.26 Å². The Morgan fingerprint density at radius 1 is 1.23 bits per heavy atom. The van der Waals surface area contributed by atoms with Crippen molar-refractivity contribution >= 4 is 29.4 Å². The highest BCUT2D eigenvalue weighted by Crippen LogP contribution is 2.26. The van der Waals surface area contributed by atoms with Crippen LogP contribution in [0.15, 0.2) is 28.8 Å². The zero-order valence-electron chi connectivity index (χ0n) is 15.3. The predicted molar refractivity (Wildman–Crippen MR) is 101 cm³/mol. The molecule has 140 valence electrons. The molecule has 0 saturated carbocycles. The van der Waals surface area contributed by atoms with Crippen LogP contribution in [0.1, 0.15) is 29.9 Å². The van der Waals surface area contributed by atoms with E-state index >= 15 is 0 Å². The molecule has 2 rings (SSSR count). The number of aromatic nitrogens is 1. The first-order chi connectivity index (χ1) is 12.4. The summed E-state index contributed by atoms with van der Waals surface area (Å²) in [6, 6.07) is 7.28. The van der Waals surface area contributed by atoms with E-state index in [0.717, 1.165) is 16.9 Å². The Morgan fingerprint density at radius 3 is 2.62 bits per heavy atom. The highest BCUT2D eigenvalue weighted by Gasteiger charge is 2.15. The first-order valence-electron chi connectivity index (χ1n) is 8.14. The summed E-state index contributed by atoms with van der Waals surface area (Å²) in [5.74, 6) is 1.69. The molecule has 2 N–H and O–H groups in total. The molecule has 0 fully saturated rings. The van der Waals surface area contributed by atoms with Crippen molar-refractivity contribution in [3.05, 3.63) is 41.2 Å². The van der Waals surface area contributed by atoms with E-state index in [2.05, 4.69) is 15.8 Å². The molecule has 7 nitrogen and oxygen atoms in total. The summed E-state index contributed by atoms with van der Waals surface area (Å²) >= 11 is 1.23. The average Bonchev–Trinajstić information content (AvgIpc) is 2.99. The van der Waals surface area contributed by atoms with Crippen LogP contribution in [-0.2, 0) is 9.59 Å². The van der Waals surface area contributed by atoms with Gasteiger partial charge in [-0.1, -0.05) is 22.9 Å². The van der Waals surface area contributed by atoms with Gasteiger partial charge in [-0.2, -0.15) is 0 Å². The van der Waals surface area contributed by atoms with Crippen molar-refractivity contribution in [2.75, 3.05) is 23.9 Å². The summed E-state index contributed by atoms with van der Waals surface area (Å²) in [5, 5.41) is 9.23. The van der Waals surface area contributed by atoms with Crippen LogP contribution in [0.3, 0.4) is 0 Å². The number of hydrogen-bond acceptors (Lipinski definition) is 6. The van der Waals surface area contributed by atoms with Gasteiger partial charge in [0.2, 0.25) is 11.8 Å². The molecule has 0 spiro atoms. The maximum absolute atomic E-state index is 12.1. The quantitative estimate of drug-likeness (QED) is 0.735. The summed E-state index contributed by atoms with van der Waals surface area (Å²) in [4.78, 5) is 23.9. The highest BCUT2D eigenvalue weighted by molar-refractivity contribution is 8.00. The van der Waals surface area contributed by atoms with Crippen molar-refractivity contribution in [2.24, 2.45) is 0 Å². The molecule has 8 heteroatoms. The van der Waals surface area contributed by atoms with Gasteiger partial charge in [0.05, 0.1) is 24.7 Å². The third kappa shape index (κ3) is 5.80. The molecule has 1 aromatic heterocycles. The minimum atomic E-state index is -0.232. The Balaban J connectivity index is 1.78. The van der Waals surface area contributed by atoms with Gasteiger partial charge in [-0.15, -0.1) is 11.8 Å². The van der Waals surface area contributed by atoms with E-state index in [1.807, 2.05) is 32.0 Å². The number of aryl methyl sites for hydroxylation is 2. The van der Waals surface area contributed by atoms with E-state index in [1.54, 1.807) is 20.1 Å². The average molecular weight is 377 g/mol. The maximum atomic E-state index is 12.1. The van der Waals surface area contributed by atoms with Crippen molar-refractivity contribution in [1.82, 2.24) is 10.5 Å². The SMILES string of the molecule is COc1ccc(C)cc1[C@@H](C)NC(=O)CSCC(=O)Nc1cc(C)on1. The lowest BCUT2D eigenvalue weighted by molar-refractivity contribution is -0.119. The fraction of sp³-hybridized carbons (Fsp3) is 0.389. The number of carbonyl (C=O) groups is 2. The molecular weight excluding hydrogens is 354 g/mol. The molecule has 0 aliphatic carbocycles. The van der Waals surface area contributed by atoms with E-state index in [0.29, 0.717) is 11.6 Å². The molecule has 0 saturated heterocycles. The molecule has 0 bridgehead atoms. The summed E-state index contributed by atoms with van der Waals surface area (Å²) < 4.78 is 10.2. The Bertz CT molecular complexity index is 776.